The van der Waals surface area contributed by atoms with Crippen molar-refractivity contribution in [3.05, 3.63) is 30.3 Å². The van der Waals surface area contributed by atoms with Gasteiger partial charge >= 0.3 is 11.9 Å². The maximum atomic E-state index is 12.9. The van der Waals surface area contributed by atoms with E-state index in [0.717, 1.165) is 12.8 Å². The van der Waals surface area contributed by atoms with E-state index in [9.17, 15) is 14.4 Å². The van der Waals surface area contributed by atoms with E-state index in [1.165, 1.54) is 0 Å². The van der Waals surface area contributed by atoms with E-state index in [1.54, 1.807) is 0 Å². The van der Waals surface area contributed by atoms with Crippen LogP contribution in [0.3, 0.4) is 0 Å². The number of fused-ring (bicyclic) bond motifs is 2. The second kappa shape index (κ2) is 4.66. The molecule has 0 unspecified atom stereocenters. The molecule has 0 aromatic heterocycles. The van der Waals surface area contributed by atoms with Gasteiger partial charge in [-0.1, -0.05) is 18.2 Å². The molecule has 5 rings (SSSR count). The molecule has 22 heavy (non-hydrogen) atoms. The van der Waals surface area contributed by atoms with Crippen molar-refractivity contribution in [2.45, 2.75) is 25.7 Å². The lowest BCUT2D eigenvalue weighted by Crippen LogP contribution is -2.55. The zero-order chi connectivity index (χ0) is 15.3. The Labute approximate surface area is 128 Å². The van der Waals surface area contributed by atoms with Gasteiger partial charge in [-0.05, 0) is 43.7 Å². The molecule has 114 valence electrons. The highest BCUT2D eigenvalue weighted by molar-refractivity contribution is 6.04. The highest BCUT2D eigenvalue weighted by Crippen LogP contribution is 2.59. The largest absolute Gasteiger partial charge is 0.393 e. The van der Waals surface area contributed by atoms with Gasteiger partial charge in [-0.25, -0.2) is 0 Å². The summed E-state index contributed by atoms with van der Waals surface area (Å²) in [6.07, 6.45) is 2.93. The van der Waals surface area contributed by atoms with Gasteiger partial charge in [-0.3, -0.25) is 14.4 Å². The second-order valence-corrected chi connectivity index (χ2v) is 6.56. The van der Waals surface area contributed by atoms with Gasteiger partial charge in [0.15, 0.2) is 0 Å². The van der Waals surface area contributed by atoms with E-state index in [1.807, 2.05) is 30.3 Å². The van der Waals surface area contributed by atoms with Crippen LogP contribution in [0.4, 0.5) is 5.69 Å². The van der Waals surface area contributed by atoms with E-state index in [2.05, 4.69) is 5.32 Å². The Morgan fingerprint density at radius 3 is 2.45 bits per heavy atom. The molecule has 4 fully saturated rings. The summed E-state index contributed by atoms with van der Waals surface area (Å²) in [5, 5.41) is 2.92. The number of anilines is 1. The lowest BCUT2D eigenvalue weighted by molar-refractivity contribution is -0.157. The fraction of sp³-hybridized carbons (Fsp3) is 0.471. The quantitative estimate of drug-likeness (QED) is 0.670. The molecule has 0 radical (unpaired) electrons. The Morgan fingerprint density at radius 2 is 1.77 bits per heavy atom. The third-order valence-corrected chi connectivity index (χ3v) is 5.60. The van der Waals surface area contributed by atoms with Gasteiger partial charge in [0, 0.05) is 5.69 Å². The minimum atomic E-state index is -0.793. The van der Waals surface area contributed by atoms with E-state index in [0.29, 0.717) is 18.5 Å². The highest BCUT2D eigenvalue weighted by atomic mass is 16.6. The first-order valence-corrected chi connectivity index (χ1v) is 7.74. The Bertz CT molecular complexity index is 646. The van der Waals surface area contributed by atoms with Crippen molar-refractivity contribution < 1.29 is 19.1 Å². The van der Waals surface area contributed by atoms with Gasteiger partial charge in [0.1, 0.15) is 0 Å². The van der Waals surface area contributed by atoms with Crippen molar-refractivity contribution in [1.29, 1.82) is 0 Å². The first kappa shape index (κ1) is 13.5. The molecule has 1 aromatic carbocycles. The highest BCUT2D eigenvalue weighted by Gasteiger charge is 2.66. The van der Waals surface area contributed by atoms with Gasteiger partial charge in [0.05, 0.1) is 17.3 Å². The number of carbonyl (C=O) groups excluding carboxylic acids is 3. The molecule has 4 aliphatic rings. The molecule has 3 aliphatic carbocycles. The molecule has 1 aromatic rings. The van der Waals surface area contributed by atoms with Crippen LogP contribution >= 0.6 is 0 Å². The summed E-state index contributed by atoms with van der Waals surface area (Å²) in [6, 6.07) is 9.21. The molecule has 2 bridgehead atoms. The summed E-state index contributed by atoms with van der Waals surface area (Å²) in [6.45, 7) is 0. The normalized spacial score (nSPS) is 35.9. The van der Waals surface area contributed by atoms with Crippen molar-refractivity contribution in [3.63, 3.8) is 0 Å². The first-order valence-electron chi connectivity index (χ1n) is 7.74. The van der Waals surface area contributed by atoms with Crippen LogP contribution in [0.2, 0.25) is 0 Å². The Morgan fingerprint density at radius 1 is 1.09 bits per heavy atom. The van der Waals surface area contributed by atoms with Crippen LogP contribution in [-0.4, -0.2) is 17.8 Å². The molecule has 1 heterocycles. The molecule has 0 spiro atoms. The third-order valence-electron chi connectivity index (χ3n) is 5.60. The molecule has 1 aliphatic heterocycles. The molecule has 1 saturated heterocycles. The Balaban J connectivity index is 1.68. The number of cyclic esters (lactones) is 2. The molecular formula is C17H17NO4. The predicted molar refractivity (Wildman–Crippen MR) is 77.5 cm³/mol. The van der Waals surface area contributed by atoms with Crippen LogP contribution in [0.15, 0.2) is 30.3 Å². The Kier molecular flexibility index (Phi) is 2.86. The smallest absolute Gasteiger partial charge is 0.318 e. The van der Waals surface area contributed by atoms with E-state index >= 15 is 0 Å². The number of rotatable bonds is 2. The van der Waals surface area contributed by atoms with Crippen molar-refractivity contribution in [1.82, 2.24) is 0 Å². The van der Waals surface area contributed by atoms with Crippen LogP contribution in [0, 0.1) is 23.2 Å². The summed E-state index contributed by atoms with van der Waals surface area (Å²) in [5.74, 6) is -1.93. The lowest BCUT2D eigenvalue weighted by Gasteiger charge is -2.49. The molecule has 1 N–H and O–H groups in total. The summed E-state index contributed by atoms with van der Waals surface area (Å²) in [5.41, 5.74) is -0.0813. The summed E-state index contributed by atoms with van der Waals surface area (Å²) in [4.78, 5) is 37.0. The third kappa shape index (κ3) is 1.74. The average molecular weight is 299 g/mol. The zero-order valence-corrected chi connectivity index (χ0v) is 12.1. The number of amides is 1. The number of nitrogens with one attached hydrogen (secondary N) is 1. The summed E-state index contributed by atoms with van der Waals surface area (Å²) in [7, 11) is 0. The monoisotopic (exact) mass is 299 g/mol. The maximum Gasteiger partial charge on any atom is 0.318 e. The van der Waals surface area contributed by atoms with Gasteiger partial charge in [0.2, 0.25) is 5.91 Å². The van der Waals surface area contributed by atoms with E-state index < -0.39 is 29.2 Å². The van der Waals surface area contributed by atoms with Crippen LogP contribution in [0.25, 0.3) is 0 Å². The topological polar surface area (TPSA) is 72.5 Å². The van der Waals surface area contributed by atoms with Gasteiger partial charge in [0.25, 0.3) is 0 Å². The van der Waals surface area contributed by atoms with Gasteiger partial charge in [-0.15, -0.1) is 0 Å². The number of ether oxygens (including phenoxy) is 1. The number of hydrogen-bond donors (Lipinski definition) is 1. The molecule has 5 heteroatoms. The van der Waals surface area contributed by atoms with Crippen LogP contribution in [0.1, 0.15) is 25.7 Å². The standard InChI is InChI=1S/C17H17NO4/c19-14-12-10-6-8-17(9-7-10,13(12)15(20)22-14)16(21)18-11-4-2-1-3-5-11/h1-5,10,12-13H,6-9H2,(H,18,21)/t10?,12-,13-,17?/m1/s1. The molecule has 2 atom stereocenters. The first-order chi connectivity index (χ1) is 10.6. The van der Waals surface area contributed by atoms with Gasteiger partial charge in [-0.2, -0.15) is 0 Å². The van der Waals surface area contributed by atoms with E-state index in [-0.39, 0.29) is 11.8 Å². The predicted octanol–water partition coefficient (Wildman–Crippen LogP) is 2.13. The van der Waals surface area contributed by atoms with Gasteiger partial charge < -0.3 is 10.1 Å². The molecule has 1 amide bonds. The fourth-order valence-corrected chi connectivity index (χ4v) is 4.52. The van der Waals surface area contributed by atoms with Crippen molar-refractivity contribution >= 4 is 23.5 Å². The molecular weight excluding hydrogens is 282 g/mol. The minimum absolute atomic E-state index is 0.154. The number of benzene rings is 1. The van der Waals surface area contributed by atoms with Crippen LogP contribution in [0.5, 0.6) is 0 Å². The number of para-hydroxylation sites is 1. The number of carbonyl (C=O) groups is 3. The van der Waals surface area contributed by atoms with Crippen molar-refractivity contribution in [2.24, 2.45) is 23.2 Å². The van der Waals surface area contributed by atoms with E-state index in [4.69, 9.17) is 4.74 Å². The Hall–Kier alpha value is -2.17. The maximum absolute atomic E-state index is 12.9. The van der Waals surface area contributed by atoms with Crippen molar-refractivity contribution in [2.75, 3.05) is 5.32 Å². The minimum Gasteiger partial charge on any atom is -0.393 e. The summed E-state index contributed by atoms with van der Waals surface area (Å²) >= 11 is 0. The van der Waals surface area contributed by atoms with Crippen LogP contribution in [-0.2, 0) is 19.1 Å². The lowest BCUT2D eigenvalue weighted by atomic mass is 9.51. The summed E-state index contributed by atoms with van der Waals surface area (Å²) < 4.78 is 4.86. The SMILES string of the molecule is O=C1OC(=O)[C@H]2[C@H]1C1CCC2(C(=O)Nc2ccccc2)CC1. The number of hydrogen-bond acceptors (Lipinski definition) is 4. The second-order valence-electron chi connectivity index (χ2n) is 6.56. The average Bonchev–Trinajstić information content (AvgIpc) is 2.87. The fourth-order valence-electron chi connectivity index (χ4n) is 4.52. The number of esters is 2. The molecule has 5 nitrogen and oxygen atoms in total. The zero-order valence-electron chi connectivity index (χ0n) is 12.1. The van der Waals surface area contributed by atoms with Crippen molar-refractivity contribution in [3.8, 4) is 0 Å². The molecule has 3 saturated carbocycles. The van der Waals surface area contributed by atoms with Crippen LogP contribution < -0.4 is 5.32 Å².